The first-order valence-electron chi connectivity index (χ1n) is 6.54. The fourth-order valence-electron chi connectivity index (χ4n) is 1.87. The number of nitrogens with zero attached hydrogens (tertiary/aromatic N) is 2. The summed E-state index contributed by atoms with van der Waals surface area (Å²) < 4.78 is 0. The lowest BCUT2D eigenvalue weighted by molar-refractivity contribution is -0.122. The third-order valence-electron chi connectivity index (χ3n) is 2.99. The normalized spacial score (nSPS) is 16.4. The van der Waals surface area contributed by atoms with E-state index in [-0.39, 0.29) is 5.91 Å². The van der Waals surface area contributed by atoms with Crippen LogP contribution in [0.5, 0.6) is 0 Å². The molecule has 0 radical (unpaired) electrons. The third kappa shape index (κ3) is 5.19. The lowest BCUT2D eigenvalue weighted by atomic mass is 10.2. The van der Waals surface area contributed by atoms with Crippen LogP contribution in [-0.2, 0) is 4.79 Å². The number of thioether (sulfide) groups is 2. The zero-order valence-corrected chi connectivity index (χ0v) is 13.2. The van der Waals surface area contributed by atoms with Crippen molar-refractivity contribution in [2.24, 2.45) is 5.10 Å². The van der Waals surface area contributed by atoms with Crippen LogP contribution in [0, 0.1) is 0 Å². The second-order valence-corrected chi connectivity index (χ2v) is 6.56. The van der Waals surface area contributed by atoms with Crippen LogP contribution in [0.15, 0.2) is 34.3 Å². The van der Waals surface area contributed by atoms with Gasteiger partial charge >= 0.3 is 0 Å². The molecule has 108 valence electrons. The second-order valence-electron chi connectivity index (χ2n) is 4.45. The summed E-state index contributed by atoms with van der Waals surface area (Å²) in [6, 6.07) is 8.06. The van der Waals surface area contributed by atoms with Crippen LogP contribution in [0.25, 0.3) is 0 Å². The smallest absolute Gasteiger partial charge is 0.254 e. The summed E-state index contributed by atoms with van der Waals surface area (Å²) in [4.78, 5) is 15.1. The van der Waals surface area contributed by atoms with Gasteiger partial charge in [-0.25, -0.2) is 5.43 Å². The van der Waals surface area contributed by atoms with Gasteiger partial charge in [-0.15, -0.1) is 11.8 Å². The Labute approximate surface area is 128 Å². The van der Waals surface area contributed by atoms with Gasteiger partial charge in [0, 0.05) is 29.5 Å². The molecule has 0 atom stereocenters. The van der Waals surface area contributed by atoms with Crippen molar-refractivity contribution in [3.63, 3.8) is 0 Å². The Morgan fingerprint density at radius 2 is 2.10 bits per heavy atom. The van der Waals surface area contributed by atoms with Crippen LogP contribution in [0.2, 0.25) is 0 Å². The highest BCUT2D eigenvalue weighted by Crippen LogP contribution is 2.13. The average Bonchev–Trinajstić information content (AvgIpc) is 2.49. The molecule has 1 aromatic carbocycles. The fraction of sp³-hybridized carbons (Fsp3) is 0.429. The number of carbonyl (C=O) groups is 1. The molecule has 20 heavy (non-hydrogen) atoms. The molecular formula is C14H19N3OS2. The molecule has 1 aromatic rings. The summed E-state index contributed by atoms with van der Waals surface area (Å²) in [5.74, 6) is 2.17. The molecule has 1 amide bonds. The van der Waals surface area contributed by atoms with Gasteiger partial charge < -0.3 is 0 Å². The molecule has 0 aromatic heterocycles. The van der Waals surface area contributed by atoms with E-state index in [1.54, 1.807) is 18.0 Å². The standard InChI is InChI=1S/C14H19N3OS2/c1-19-13-4-2-12(3-5-13)10-15-16-14(18)11-17-6-8-20-9-7-17/h2-5,10H,6-9,11H2,1H3,(H,16,18)/b15-10-. The Morgan fingerprint density at radius 1 is 1.40 bits per heavy atom. The van der Waals surface area contributed by atoms with E-state index in [2.05, 4.69) is 15.4 Å². The quantitative estimate of drug-likeness (QED) is 0.513. The highest BCUT2D eigenvalue weighted by molar-refractivity contribution is 7.99. The predicted molar refractivity (Wildman–Crippen MR) is 87.7 cm³/mol. The molecule has 0 bridgehead atoms. The summed E-state index contributed by atoms with van der Waals surface area (Å²) in [6.45, 7) is 2.40. The summed E-state index contributed by atoms with van der Waals surface area (Å²) in [5.41, 5.74) is 3.57. The van der Waals surface area contributed by atoms with Crippen molar-refractivity contribution in [3.05, 3.63) is 29.8 Å². The van der Waals surface area contributed by atoms with Crippen LogP contribution in [-0.4, -0.2) is 54.4 Å². The largest absolute Gasteiger partial charge is 0.293 e. The molecule has 0 unspecified atom stereocenters. The molecule has 0 spiro atoms. The number of carbonyl (C=O) groups excluding carboxylic acids is 1. The maximum atomic E-state index is 11.7. The SMILES string of the molecule is CSc1ccc(/C=N\NC(=O)CN2CCSCC2)cc1. The lowest BCUT2D eigenvalue weighted by Gasteiger charge is -2.24. The topological polar surface area (TPSA) is 44.7 Å². The first-order valence-corrected chi connectivity index (χ1v) is 8.92. The minimum atomic E-state index is -0.0473. The molecule has 2 rings (SSSR count). The van der Waals surface area contributed by atoms with Crippen molar-refractivity contribution in [1.29, 1.82) is 0 Å². The molecule has 1 heterocycles. The Kier molecular flexibility index (Phi) is 6.42. The van der Waals surface area contributed by atoms with Gasteiger partial charge in [-0.1, -0.05) is 12.1 Å². The number of amides is 1. The van der Waals surface area contributed by atoms with Gasteiger partial charge in [-0.3, -0.25) is 9.69 Å². The molecule has 1 saturated heterocycles. The minimum absolute atomic E-state index is 0.0473. The predicted octanol–water partition coefficient (Wildman–Crippen LogP) is 1.91. The second kappa shape index (κ2) is 8.34. The van der Waals surface area contributed by atoms with Crippen LogP contribution < -0.4 is 5.43 Å². The Balaban J connectivity index is 1.75. The molecule has 1 aliphatic heterocycles. The van der Waals surface area contributed by atoms with Crippen molar-refractivity contribution < 1.29 is 4.79 Å². The van der Waals surface area contributed by atoms with E-state index < -0.39 is 0 Å². The first-order chi connectivity index (χ1) is 9.78. The summed E-state index contributed by atoms with van der Waals surface area (Å²) in [5, 5.41) is 4.00. The highest BCUT2D eigenvalue weighted by Gasteiger charge is 2.13. The summed E-state index contributed by atoms with van der Waals surface area (Å²) in [7, 11) is 0. The zero-order valence-electron chi connectivity index (χ0n) is 11.5. The number of rotatable bonds is 5. The van der Waals surface area contributed by atoms with Crippen LogP contribution in [0.3, 0.4) is 0 Å². The Hall–Kier alpha value is -0.980. The molecule has 1 N–H and O–H groups in total. The van der Waals surface area contributed by atoms with Gasteiger partial charge in [0.25, 0.3) is 5.91 Å². The van der Waals surface area contributed by atoms with Crippen molar-refractivity contribution in [2.45, 2.75) is 4.90 Å². The minimum Gasteiger partial charge on any atom is -0.293 e. The number of benzene rings is 1. The van der Waals surface area contributed by atoms with Crippen molar-refractivity contribution in [1.82, 2.24) is 10.3 Å². The maximum Gasteiger partial charge on any atom is 0.254 e. The van der Waals surface area contributed by atoms with Gasteiger partial charge in [-0.2, -0.15) is 16.9 Å². The molecule has 0 saturated carbocycles. The molecular weight excluding hydrogens is 290 g/mol. The maximum absolute atomic E-state index is 11.7. The summed E-state index contributed by atoms with van der Waals surface area (Å²) >= 11 is 3.64. The van der Waals surface area contributed by atoms with E-state index in [0.29, 0.717) is 6.54 Å². The van der Waals surface area contributed by atoms with Gasteiger partial charge in [0.15, 0.2) is 0 Å². The highest BCUT2D eigenvalue weighted by atomic mass is 32.2. The number of hydrogen-bond donors (Lipinski definition) is 1. The molecule has 4 nitrogen and oxygen atoms in total. The van der Waals surface area contributed by atoms with E-state index in [4.69, 9.17) is 0 Å². The molecule has 0 aliphatic carbocycles. The summed E-state index contributed by atoms with van der Waals surface area (Å²) in [6.07, 6.45) is 3.72. The van der Waals surface area contributed by atoms with Gasteiger partial charge in [-0.05, 0) is 24.0 Å². The number of hydrazone groups is 1. The van der Waals surface area contributed by atoms with E-state index in [0.717, 1.165) is 30.2 Å². The monoisotopic (exact) mass is 309 g/mol. The number of hydrogen-bond acceptors (Lipinski definition) is 5. The van der Waals surface area contributed by atoms with Crippen molar-refractivity contribution >= 4 is 35.6 Å². The molecule has 1 fully saturated rings. The zero-order chi connectivity index (χ0) is 14.2. The van der Waals surface area contributed by atoms with Crippen LogP contribution in [0.1, 0.15) is 5.56 Å². The van der Waals surface area contributed by atoms with Crippen molar-refractivity contribution in [2.75, 3.05) is 37.4 Å². The molecule has 1 aliphatic rings. The lowest BCUT2D eigenvalue weighted by Crippen LogP contribution is -2.40. The van der Waals surface area contributed by atoms with Gasteiger partial charge in [0.05, 0.1) is 12.8 Å². The van der Waals surface area contributed by atoms with Crippen LogP contribution in [0.4, 0.5) is 0 Å². The Morgan fingerprint density at radius 3 is 2.75 bits per heavy atom. The van der Waals surface area contributed by atoms with E-state index >= 15 is 0 Å². The fourth-order valence-corrected chi connectivity index (χ4v) is 3.25. The van der Waals surface area contributed by atoms with E-state index in [1.165, 1.54) is 4.90 Å². The van der Waals surface area contributed by atoms with Crippen molar-refractivity contribution in [3.8, 4) is 0 Å². The van der Waals surface area contributed by atoms with Crippen LogP contribution >= 0.6 is 23.5 Å². The average molecular weight is 309 g/mol. The first kappa shape index (κ1) is 15.4. The Bertz CT molecular complexity index is 456. The van der Waals surface area contributed by atoms with E-state index in [1.807, 2.05) is 42.3 Å². The van der Waals surface area contributed by atoms with Gasteiger partial charge in [0.1, 0.15) is 0 Å². The third-order valence-corrected chi connectivity index (χ3v) is 4.68. The molecule has 6 heteroatoms. The number of nitrogens with one attached hydrogen (secondary N) is 1. The van der Waals surface area contributed by atoms with E-state index in [9.17, 15) is 4.79 Å². The van der Waals surface area contributed by atoms with Gasteiger partial charge in [0.2, 0.25) is 0 Å².